The van der Waals surface area contributed by atoms with Crippen molar-refractivity contribution < 1.29 is 14.3 Å². The second-order valence-corrected chi connectivity index (χ2v) is 9.34. The molecule has 8 heteroatoms. The number of nitrogens with zero attached hydrogens (tertiary/aromatic N) is 1. The van der Waals surface area contributed by atoms with Gasteiger partial charge in [-0.3, -0.25) is 9.59 Å². The lowest BCUT2D eigenvalue weighted by Crippen LogP contribution is -2.16. The highest BCUT2D eigenvalue weighted by Gasteiger charge is 2.21. The monoisotopic (exact) mass is 473 g/mol. The van der Waals surface area contributed by atoms with E-state index in [2.05, 4.69) is 15.3 Å². The van der Waals surface area contributed by atoms with E-state index in [1.54, 1.807) is 29.5 Å². The Morgan fingerprint density at radius 1 is 1.12 bits per heavy atom. The minimum atomic E-state index is -0.400. The van der Waals surface area contributed by atoms with Crippen molar-refractivity contribution in [3.8, 4) is 11.1 Å². The highest BCUT2D eigenvalue weighted by Crippen LogP contribution is 2.34. The smallest absolute Gasteiger partial charge is 0.337 e. The first-order chi connectivity index (χ1) is 16.5. The van der Waals surface area contributed by atoms with Gasteiger partial charge >= 0.3 is 5.97 Å². The Morgan fingerprint density at radius 2 is 1.91 bits per heavy atom. The number of aromatic nitrogens is 2. The van der Waals surface area contributed by atoms with Crippen LogP contribution in [0.1, 0.15) is 39.5 Å². The minimum absolute atomic E-state index is 0.110. The summed E-state index contributed by atoms with van der Waals surface area (Å²) in [5.74, 6) is -0.0406. The first-order valence-electron chi connectivity index (χ1n) is 11.1. The number of aryl methyl sites for hydroxylation is 3. The Balaban J connectivity index is 1.27. The molecule has 0 bridgehead atoms. The summed E-state index contributed by atoms with van der Waals surface area (Å²) < 4.78 is 4.79. The number of amides is 1. The number of esters is 1. The second kappa shape index (κ2) is 9.23. The first kappa shape index (κ1) is 22.0. The van der Waals surface area contributed by atoms with Crippen LogP contribution < -0.4 is 10.9 Å². The van der Waals surface area contributed by atoms with Crippen LogP contribution in [-0.2, 0) is 28.8 Å². The van der Waals surface area contributed by atoms with Crippen LogP contribution in [0.25, 0.3) is 21.3 Å². The molecule has 7 nitrogen and oxygen atoms in total. The molecule has 2 N–H and O–H groups in total. The number of rotatable bonds is 6. The van der Waals surface area contributed by atoms with Crippen LogP contribution >= 0.6 is 11.3 Å². The number of nitrogens with one attached hydrogen (secondary N) is 2. The fourth-order valence-corrected chi connectivity index (χ4v) is 5.62. The van der Waals surface area contributed by atoms with Gasteiger partial charge < -0.3 is 15.0 Å². The van der Waals surface area contributed by atoms with Crippen LogP contribution in [0.3, 0.4) is 0 Å². The number of hydrogen-bond donors (Lipinski definition) is 2. The second-order valence-electron chi connectivity index (χ2n) is 8.25. The van der Waals surface area contributed by atoms with Gasteiger partial charge in [-0.25, -0.2) is 9.78 Å². The minimum Gasteiger partial charge on any atom is -0.465 e. The van der Waals surface area contributed by atoms with E-state index in [-0.39, 0.29) is 17.9 Å². The molecule has 5 rings (SSSR count). The van der Waals surface area contributed by atoms with Crippen molar-refractivity contribution in [1.82, 2.24) is 9.97 Å². The molecule has 1 amide bonds. The third kappa shape index (κ3) is 4.36. The highest BCUT2D eigenvalue weighted by atomic mass is 32.1. The van der Waals surface area contributed by atoms with Gasteiger partial charge in [0.05, 0.1) is 18.1 Å². The van der Waals surface area contributed by atoms with Gasteiger partial charge in [0.15, 0.2) is 0 Å². The molecule has 0 unspecified atom stereocenters. The third-order valence-corrected chi connectivity index (χ3v) is 7.16. The Kier molecular flexibility index (Phi) is 5.98. The number of carbonyl (C=O) groups excluding carboxylic acids is 2. The molecule has 0 fully saturated rings. The van der Waals surface area contributed by atoms with Crippen LogP contribution in [0.4, 0.5) is 5.69 Å². The zero-order valence-corrected chi connectivity index (χ0v) is 19.5. The molecule has 0 radical (unpaired) electrons. The first-order valence-corrected chi connectivity index (χ1v) is 12.0. The fourth-order valence-electron chi connectivity index (χ4n) is 4.34. The maximum atomic E-state index is 12.6. The molecular weight excluding hydrogens is 450 g/mol. The lowest BCUT2D eigenvalue weighted by molar-refractivity contribution is -0.116. The molecule has 0 aliphatic heterocycles. The summed E-state index contributed by atoms with van der Waals surface area (Å²) in [5.41, 5.74) is 3.86. The summed E-state index contributed by atoms with van der Waals surface area (Å²) in [5, 5.41) is 3.63. The maximum Gasteiger partial charge on any atom is 0.337 e. The molecule has 2 aromatic carbocycles. The number of anilines is 1. The average Bonchev–Trinajstić information content (AvgIpc) is 3.43. The molecule has 1 aliphatic rings. The van der Waals surface area contributed by atoms with E-state index >= 15 is 0 Å². The van der Waals surface area contributed by atoms with Crippen molar-refractivity contribution in [2.24, 2.45) is 0 Å². The molecule has 0 atom stereocenters. The predicted molar refractivity (Wildman–Crippen MR) is 132 cm³/mol. The zero-order chi connectivity index (χ0) is 23.7. The van der Waals surface area contributed by atoms with Crippen molar-refractivity contribution >= 4 is 39.1 Å². The maximum absolute atomic E-state index is 12.6. The van der Waals surface area contributed by atoms with Crippen LogP contribution in [0, 0.1) is 0 Å². The SMILES string of the molecule is COC(=O)c1cccc(-c2cccc(NC(=O)CCc3nc4sc5c(c4c(=O)[nH]3)CCC5)c2)c1. The number of benzene rings is 2. The molecule has 1 aliphatic carbocycles. The van der Waals surface area contributed by atoms with Crippen LogP contribution in [0.15, 0.2) is 53.3 Å². The lowest BCUT2D eigenvalue weighted by Gasteiger charge is -2.09. The van der Waals surface area contributed by atoms with Crippen molar-refractivity contribution in [2.75, 3.05) is 12.4 Å². The number of ether oxygens (including phenoxy) is 1. The Bertz CT molecular complexity index is 1470. The number of fused-ring (bicyclic) bond motifs is 3. The van der Waals surface area contributed by atoms with E-state index in [4.69, 9.17) is 4.74 Å². The van der Waals surface area contributed by atoms with Gasteiger partial charge in [0.2, 0.25) is 5.91 Å². The van der Waals surface area contributed by atoms with Crippen LogP contribution in [-0.4, -0.2) is 29.0 Å². The van der Waals surface area contributed by atoms with Crippen LogP contribution in [0.5, 0.6) is 0 Å². The van der Waals surface area contributed by atoms with Gasteiger partial charge in [-0.1, -0.05) is 24.3 Å². The molecular formula is C26H23N3O4S. The van der Waals surface area contributed by atoms with E-state index in [1.807, 2.05) is 30.3 Å². The Hall–Kier alpha value is -3.78. The largest absolute Gasteiger partial charge is 0.465 e. The van der Waals surface area contributed by atoms with E-state index in [1.165, 1.54) is 12.0 Å². The Morgan fingerprint density at radius 3 is 2.74 bits per heavy atom. The topological polar surface area (TPSA) is 101 Å². The summed E-state index contributed by atoms with van der Waals surface area (Å²) in [6.07, 6.45) is 3.59. The summed E-state index contributed by atoms with van der Waals surface area (Å²) in [6.45, 7) is 0. The van der Waals surface area contributed by atoms with Crippen molar-refractivity contribution in [1.29, 1.82) is 0 Å². The predicted octanol–water partition coefficient (Wildman–Crippen LogP) is 4.50. The molecule has 2 aromatic heterocycles. The van der Waals surface area contributed by atoms with Crippen LogP contribution in [0.2, 0.25) is 0 Å². The molecule has 4 aromatic rings. The van der Waals surface area contributed by atoms with Crippen molar-refractivity contribution in [3.05, 3.63) is 80.7 Å². The summed E-state index contributed by atoms with van der Waals surface area (Å²) in [6, 6.07) is 14.6. The number of hydrogen-bond acceptors (Lipinski definition) is 6. The number of methoxy groups -OCH3 is 1. The quantitative estimate of drug-likeness (QED) is 0.402. The summed E-state index contributed by atoms with van der Waals surface area (Å²) in [4.78, 5) is 46.5. The van der Waals surface area contributed by atoms with Gasteiger partial charge in [-0.05, 0) is 60.2 Å². The van der Waals surface area contributed by atoms with Gasteiger partial charge in [0, 0.05) is 23.4 Å². The molecule has 2 heterocycles. The third-order valence-electron chi connectivity index (χ3n) is 5.98. The van der Waals surface area contributed by atoms with Gasteiger partial charge in [-0.2, -0.15) is 0 Å². The molecule has 0 saturated heterocycles. The number of thiophene rings is 1. The number of carbonyl (C=O) groups is 2. The van der Waals surface area contributed by atoms with Gasteiger partial charge in [0.1, 0.15) is 10.7 Å². The molecule has 0 spiro atoms. The normalized spacial score (nSPS) is 12.5. The van der Waals surface area contributed by atoms with E-state index < -0.39 is 5.97 Å². The zero-order valence-electron chi connectivity index (χ0n) is 18.6. The number of aromatic amines is 1. The standard InChI is InChI=1S/C26H23N3O4S/c1-33-26(32)17-7-2-5-15(13-17)16-6-3-8-18(14-16)27-22(30)12-11-21-28-24(31)23-19-9-4-10-20(19)34-25(23)29-21/h2-3,5-8,13-14H,4,9-12H2,1H3,(H,27,30)(H,28,29,31). The van der Waals surface area contributed by atoms with E-state index in [0.717, 1.165) is 46.2 Å². The van der Waals surface area contributed by atoms with E-state index in [0.29, 0.717) is 23.5 Å². The van der Waals surface area contributed by atoms with Gasteiger partial charge in [-0.15, -0.1) is 11.3 Å². The summed E-state index contributed by atoms with van der Waals surface area (Å²) >= 11 is 1.59. The average molecular weight is 474 g/mol. The molecule has 0 saturated carbocycles. The van der Waals surface area contributed by atoms with Crippen molar-refractivity contribution in [2.45, 2.75) is 32.1 Å². The fraction of sp³-hybridized carbons (Fsp3) is 0.231. The molecule has 34 heavy (non-hydrogen) atoms. The number of H-pyrrole nitrogens is 1. The molecule has 172 valence electrons. The van der Waals surface area contributed by atoms with Crippen molar-refractivity contribution in [3.63, 3.8) is 0 Å². The summed E-state index contributed by atoms with van der Waals surface area (Å²) in [7, 11) is 1.35. The highest BCUT2D eigenvalue weighted by molar-refractivity contribution is 7.18. The van der Waals surface area contributed by atoms with E-state index in [9.17, 15) is 14.4 Å². The lowest BCUT2D eigenvalue weighted by atomic mass is 10.0. The Labute approximate surface area is 199 Å². The van der Waals surface area contributed by atoms with Gasteiger partial charge in [0.25, 0.3) is 5.56 Å².